The zero-order valence-corrected chi connectivity index (χ0v) is 14.7. The van der Waals surface area contributed by atoms with E-state index in [-0.39, 0.29) is 4.90 Å². The van der Waals surface area contributed by atoms with Gasteiger partial charge in [0.25, 0.3) is 10.0 Å². The van der Waals surface area contributed by atoms with Gasteiger partial charge in [-0.1, -0.05) is 25.5 Å². The van der Waals surface area contributed by atoms with E-state index in [0.29, 0.717) is 5.71 Å². The summed E-state index contributed by atoms with van der Waals surface area (Å²) in [5, 5.41) is 8.22. The van der Waals surface area contributed by atoms with Crippen LogP contribution < -0.4 is 4.83 Å². The van der Waals surface area contributed by atoms with Crippen LogP contribution in [0.15, 0.2) is 40.5 Å². The molecular weight excluding hydrogens is 312 g/mol. The molecule has 0 spiro atoms. The van der Waals surface area contributed by atoms with E-state index in [1.807, 2.05) is 32.3 Å². The standard InChI is InChI=1S/C16H22N4O2S/c1-5-6-14-7-9-15(10-8-14)23(21,22)19-17-12(2)16-11-20(4)18-13(16)3/h7-11,19H,5-6H2,1-4H3/b17-12+. The highest BCUT2D eigenvalue weighted by Gasteiger charge is 2.14. The fourth-order valence-electron chi connectivity index (χ4n) is 2.32. The Morgan fingerprint density at radius 1 is 1.30 bits per heavy atom. The van der Waals surface area contributed by atoms with E-state index >= 15 is 0 Å². The molecule has 0 saturated heterocycles. The summed E-state index contributed by atoms with van der Waals surface area (Å²) in [6.45, 7) is 5.69. The molecule has 23 heavy (non-hydrogen) atoms. The molecule has 6 nitrogen and oxygen atoms in total. The van der Waals surface area contributed by atoms with Crippen molar-refractivity contribution < 1.29 is 8.42 Å². The van der Waals surface area contributed by atoms with Crippen LogP contribution in [-0.2, 0) is 23.5 Å². The van der Waals surface area contributed by atoms with Gasteiger partial charge >= 0.3 is 0 Å². The lowest BCUT2D eigenvalue weighted by Crippen LogP contribution is -2.20. The van der Waals surface area contributed by atoms with Crippen molar-refractivity contribution in [2.75, 3.05) is 0 Å². The van der Waals surface area contributed by atoms with Crippen LogP contribution in [0.4, 0.5) is 0 Å². The Bertz CT molecular complexity index is 805. The predicted octanol–water partition coefficient (Wildman–Crippen LogP) is 2.38. The van der Waals surface area contributed by atoms with Crippen molar-refractivity contribution in [1.82, 2.24) is 14.6 Å². The molecule has 1 aromatic heterocycles. The highest BCUT2D eigenvalue weighted by molar-refractivity contribution is 7.89. The monoisotopic (exact) mass is 334 g/mol. The number of nitrogens with one attached hydrogen (secondary N) is 1. The zero-order valence-electron chi connectivity index (χ0n) is 13.9. The Morgan fingerprint density at radius 3 is 2.48 bits per heavy atom. The number of hydrogen-bond acceptors (Lipinski definition) is 4. The van der Waals surface area contributed by atoms with Crippen LogP contribution in [0.3, 0.4) is 0 Å². The summed E-state index contributed by atoms with van der Waals surface area (Å²) in [4.78, 5) is 2.49. The van der Waals surface area contributed by atoms with Gasteiger partial charge < -0.3 is 0 Å². The van der Waals surface area contributed by atoms with Gasteiger partial charge in [-0.25, -0.2) is 0 Å². The average molecular weight is 334 g/mol. The second-order valence-electron chi connectivity index (χ2n) is 5.49. The minimum absolute atomic E-state index is 0.205. The molecule has 0 aliphatic rings. The Kier molecular flexibility index (Phi) is 5.20. The molecule has 2 aromatic rings. The van der Waals surface area contributed by atoms with E-state index in [9.17, 15) is 8.42 Å². The number of sulfonamides is 1. The molecule has 2 rings (SSSR count). The number of hydrogen-bond donors (Lipinski definition) is 1. The van der Waals surface area contributed by atoms with Gasteiger partial charge in [0.15, 0.2) is 0 Å². The van der Waals surface area contributed by atoms with Gasteiger partial charge in [-0.15, -0.1) is 0 Å². The minimum Gasteiger partial charge on any atom is -0.275 e. The van der Waals surface area contributed by atoms with E-state index in [1.165, 1.54) is 0 Å². The number of nitrogens with zero attached hydrogens (tertiary/aromatic N) is 3. The maximum atomic E-state index is 12.3. The van der Waals surface area contributed by atoms with Crippen LogP contribution in [0, 0.1) is 6.92 Å². The second-order valence-corrected chi connectivity index (χ2v) is 7.15. The third-order valence-electron chi connectivity index (χ3n) is 3.51. The Hall–Kier alpha value is -2.15. The van der Waals surface area contributed by atoms with Gasteiger partial charge in [-0.05, 0) is 38.0 Å². The van der Waals surface area contributed by atoms with E-state index in [1.54, 1.807) is 23.7 Å². The molecule has 1 N–H and O–H groups in total. The van der Waals surface area contributed by atoms with Crippen LogP contribution in [0.2, 0.25) is 0 Å². The highest BCUT2D eigenvalue weighted by atomic mass is 32.2. The highest BCUT2D eigenvalue weighted by Crippen LogP contribution is 2.12. The fraction of sp³-hybridized carbons (Fsp3) is 0.375. The number of aryl methyl sites for hydroxylation is 3. The van der Waals surface area contributed by atoms with E-state index < -0.39 is 10.0 Å². The van der Waals surface area contributed by atoms with Gasteiger partial charge in [0.05, 0.1) is 16.3 Å². The van der Waals surface area contributed by atoms with Crippen LogP contribution in [0.5, 0.6) is 0 Å². The van der Waals surface area contributed by atoms with E-state index in [0.717, 1.165) is 29.7 Å². The number of aromatic nitrogens is 2. The molecule has 0 saturated carbocycles. The maximum Gasteiger partial charge on any atom is 0.276 e. The van der Waals surface area contributed by atoms with Crippen molar-refractivity contribution in [2.45, 2.75) is 38.5 Å². The SMILES string of the molecule is CCCc1ccc(S(=O)(=O)N/N=C(\C)c2cn(C)nc2C)cc1. The molecule has 0 aliphatic carbocycles. The molecule has 1 aromatic carbocycles. The number of rotatable bonds is 6. The fourth-order valence-corrected chi connectivity index (χ4v) is 3.18. The molecule has 0 bridgehead atoms. The lowest BCUT2D eigenvalue weighted by atomic mass is 10.1. The first kappa shape index (κ1) is 17.2. The summed E-state index contributed by atoms with van der Waals surface area (Å²) in [6.07, 6.45) is 3.77. The van der Waals surface area contributed by atoms with Crippen LogP contribution >= 0.6 is 0 Å². The first-order valence-corrected chi connectivity index (χ1v) is 8.97. The van der Waals surface area contributed by atoms with Crippen molar-refractivity contribution in [3.63, 3.8) is 0 Å². The Balaban J connectivity index is 2.17. The summed E-state index contributed by atoms with van der Waals surface area (Å²) in [6, 6.07) is 6.88. The normalized spacial score (nSPS) is 12.4. The molecule has 1 heterocycles. The average Bonchev–Trinajstić information content (AvgIpc) is 2.84. The van der Waals surface area contributed by atoms with Crippen molar-refractivity contribution in [3.05, 3.63) is 47.3 Å². The third kappa shape index (κ3) is 4.19. The van der Waals surface area contributed by atoms with E-state index in [2.05, 4.69) is 22.0 Å². The predicted molar refractivity (Wildman–Crippen MR) is 90.9 cm³/mol. The molecule has 124 valence electrons. The zero-order chi connectivity index (χ0) is 17.0. The molecule has 0 atom stereocenters. The number of hydrazone groups is 1. The molecule has 0 unspecified atom stereocenters. The summed E-state index contributed by atoms with van der Waals surface area (Å²) >= 11 is 0. The lowest BCUT2D eigenvalue weighted by molar-refractivity contribution is 0.584. The van der Waals surface area contributed by atoms with Crippen LogP contribution in [0.25, 0.3) is 0 Å². The first-order valence-electron chi connectivity index (χ1n) is 7.49. The summed E-state index contributed by atoms with van der Waals surface area (Å²) in [7, 11) is -1.85. The molecule has 0 aliphatic heterocycles. The summed E-state index contributed by atoms with van der Waals surface area (Å²) in [5.41, 5.74) is 3.31. The first-order chi connectivity index (χ1) is 10.8. The minimum atomic E-state index is -3.67. The van der Waals surface area contributed by atoms with Crippen molar-refractivity contribution in [1.29, 1.82) is 0 Å². The Labute approximate surface area is 137 Å². The van der Waals surface area contributed by atoms with Crippen molar-refractivity contribution in [3.8, 4) is 0 Å². The van der Waals surface area contributed by atoms with E-state index in [4.69, 9.17) is 0 Å². The smallest absolute Gasteiger partial charge is 0.275 e. The van der Waals surface area contributed by atoms with Gasteiger partial charge in [0.2, 0.25) is 0 Å². The maximum absolute atomic E-state index is 12.3. The second kappa shape index (κ2) is 6.95. The number of benzene rings is 1. The van der Waals surface area contributed by atoms with Crippen molar-refractivity contribution >= 4 is 15.7 Å². The molecular formula is C16H22N4O2S. The van der Waals surface area contributed by atoms with Gasteiger partial charge in [0.1, 0.15) is 0 Å². The molecule has 0 radical (unpaired) electrons. The quantitative estimate of drug-likeness (QED) is 0.651. The van der Waals surface area contributed by atoms with Gasteiger partial charge in [-0.2, -0.15) is 23.4 Å². The topological polar surface area (TPSA) is 76.3 Å². The lowest BCUT2D eigenvalue weighted by Gasteiger charge is -2.06. The molecule has 0 amide bonds. The molecule has 7 heteroatoms. The van der Waals surface area contributed by atoms with Gasteiger partial charge in [-0.3, -0.25) is 4.68 Å². The Morgan fingerprint density at radius 2 is 1.96 bits per heavy atom. The van der Waals surface area contributed by atoms with Crippen LogP contribution in [0.1, 0.15) is 37.1 Å². The molecule has 0 fully saturated rings. The third-order valence-corrected chi connectivity index (χ3v) is 4.73. The van der Waals surface area contributed by atoms with Crippen LogP contribution in [-0.4, -0.2) is 23.9 Å². The largest absolute Gasteiger partial charge is 0.276 e. The summed E-state index contributed by atoms with van der Waals surface area (Å²) in [5.74, 6) is 0. The van der Waals surface area contributed by atoms with Gasteiger partial charge in [0, 0.05) is 18.8 Å². The summed E-state index contributed by atoms with van der Waals surface area (Å²) < 4.78 is 26.2. The van der Waals surface area contributed by atoms with Crippen molar-refractivity contribution in [2.24, 2.45) is 12.1 Å².